The number of hydrogen-bond donors (Lipinski definition) is 2. The van der Waals surface area contributed by atoms with Gasteiger partial charge in [-0.1, -0.05) is 48.5 Å². The summed E-state index contributed by atoms with van der Waals surface area (Å²) in [7, 11) is 0. The molecule has 0 radical (unpaired) electrons. The first-order chi connectivity index (χ1) is 14.9. The molecule has 2 aromatic heterocycles. The van der Waals surface area contributed by atoms with E-state index in [9.17, 15) is 14.4 Å². The van der Waals surface area contributed by atoms with Gasteiger partial charge in [-0.2, -0.15) is 0 Å². The molecule has 0 aliphatic rings. The van der Waals surface area contributed by atoms with Crippen LogP contribution in [0.3, 0.4) is 0 Å². The first kappa shape index (κ1) is 20.1. The lowest BCUT2D eigenvalue weighted by Crippen LogP contribution is -2.47. The van der Waals surface area contributed by atoms with Crippen molar-refractivity contribution in [2.45, 2.75) is 19.4 Å². The zero-order valence-electron chi connectivity index (χ0n) is 16.6. The molecule has 2 heterocycles. The number of para-hydroxylation sites is 1. The third kappa shape index (κ3) is 4.09. The van der Waals surface area contributed by atoms with Crippen molar-refractivity contribution >= 4 is 28.6 Å². The van der Waals surface area contributed by atoms with Crippen LogP contribution >= 0.6 is 0 Å². The molecule has 156 valence electrons. The Bertz CT molecular complexity index is 1270. The lowest BCUT2D eigenvalue weighted by Gasteiger charge is -2.15. The van der Waals surface area contributed by atoms with Crippen LogP contribution in [0.5, 0.6) is 0 Å². The first-order valence-electron chi connectivity index (χ1n) is 9.56. The van der Waals surface area contributed by atoms with Gasteiger partial charge in [-0.25, -0.2) is 4.98 Å². The van der Waals surface area contributed by atoms with Crippen LogP contribution in [-0.2, 0) is 16.0 Å². The number of rotatable bonds is 7. The fraction of sp³-hybridized carbons (Fsp3) is 0.130. The number of fused-ring (bicyclic) bond motifs is 1. The molecule has 4 aromatic rings. The van der Waals surface area contributed by atoms with Crippen molar-refractivity contribution in [3.05, 3.63) is 78.1 Å². The molecule has 3 N–H and O–H groups in total. The van der Waals surface area contributed by atoms with E-state index in [1.165, 1.54) is 6.26 Å². The van der Waals surface area contributed by atoms with Crippen molar-refractivity contribution in [3.8, 4) is 11.3 Å². The summed E-state index contributed by atoms with van der Waals surface area (Å²) in [6, 6.07) is 15.2. The number of oxazole rings is 1. The number of primary amides is 1. The molecule has 4 rings (SSSR count). The van der Waals surface area contributed by atoms with E-state index >= 15 is 0 Å². The highest BCUT2D eigenvalue weighted by atomic mass is 16.4. The van der Waals surface area contributed by atoms with Crippen LogP contribution < -0.4 is 11.1 Å². The zero-order valence-corrected chi connectivity index (χ0v) is 16.6. The molecule has 0 aliphatic carbocycles. The largest absolute Gasteiger partial charge is 0.464 e. The minimum Gasteiger partial charge on any atom is -0.464 e. The number of nitrogens with two attached hydrogens (primary N) is 1. The van der Waals surface area contributed by atoms with Gasteiger partial charge in [0.2, 0.25) is 11.5 Å². The number of carbonyl (C=O) groups is 3. The van der Waals surface area contributed by atoms with Crippen LogP contribution in [0.1, 0.15) is 22.0 Å². The van der Waals surface area contributed by atoms with Crippen LogP contribution in [0.4, 0.5) is 0 Å². The second-order valence-electron chi connectivity index (χ2n) is 7.00. The third-order valence-electron chi connectivity index (χ3n) is 4.82. The molecule has 8 nitrogen and oxygen atoms in total. The summed E-state index contributed by atoms with van der Waals surface area (Å²) >= 11 is 0. The van der Waals surface area contributed by atoms with E-state index in [2.05, 4.69) is 10.3 Å². The second kappa shape index (κ2) is 8.27. The van der Waals surface area contributed by atoms with Crippen LogP contribution in [0.2, 0.25) is 0 Å². The Balaban J connectivity index is 1.67. The molecule has 0 saturated heterocycles. The molecule has 0 bridgehead atoms. The monoisotopic (exact) mass is 417 g/mol. The summed E-state index contributed by atoms with van der Waals surface area (Å²) < 4.78 is 11.1. The van der Waals surface area contributed by atoms with E-state index in [4.69, 9.17) is 14.6 Å². The number of hydrogen-bond acceptors (Lipinski definition) is 6. The van der Waals surface area contributed by atoms with Crippen molar-refractivity contribution in [3.63, 3.8) is 0 Å². The minimum atomic E-state index is -1.15. The number of nitrogens with one attached hydrogen (secondary N) is 1. The normalized spacial score (nSPS) is 11.9. The number of nitrogens with zero attached hydrogens (tertiary/aromatic N) is 1. The maximum atomic E-state index is 13.1. The maximum Gasteiger partial charge on any atom is 0.290 e. The van der Waals surface area contributed by atoms with Crippen molar-refractivity contribution in [2.75, 3.05) is 0 Å². The van der Waals surface area contributed by atoms with E-state index in [1.54, 1.807) is 37.3 Å². The average molecular weight is 417 g/mol. The Hall–Kier alpha value is -4.20. The van der Waals surface area contributed by atoms with Gasteiger partial charge in [0.15, 0.2) is 5.89 Å². The van der Waals surface area contributed by atoms with Crippen LogP contribution in [0.25, 0.3) is 22.2 Å². The average Bonchev–Trinajstić information content (AvgIpc) is 3.36. The Morgan fingerprint density at radius 2 is 1.77 bits per heavy atom. The summed E-state index contributed by atoms with van der Waals surface area (Å²) in [5, 5.41) is 3.34. The summed E-state index contributed by atoms with van der Waals surface area (Å²) in [5.74, 6) is -2.53. The van der Waals surface area contributed by atoms with Gasteiger partial charge in [-0.3, -0.25) is 14.4 Å². The Labute approximate surface area is 177 Å². The fourth-order valence-electron chi connectivity index (χ4n) is 3.38. The van der Waals surface area contributed by atoms with E-state index in [0.29, 0.717) is 11.1 Å². The molecule has 0 spiro atoms. The maximum absolute atomic E-state index is 13.1. The van der Waals surface area contributed by atoms with Crippen molar-refractivity contribution in [1.29, 1.82) is 0 Å². The van der Waals surface area contributed by atoms with Gasteiger partial charge in [0.1, 0.15) is 23.6 Å². The highest BCUT2D eigenvalue weighted by molar-refractivity contribution is 6.38. The SMILES string of the molecule is Cc1nc(-c2coc3ccccc23)c(C(=O)NC(Cc2ccccc2)C(=O)C(N)=O)o1. The van der Waals surface area contributed by atoms with Crippen molar-refractivity contribution in [2.24, 2.45) is 5.73 Å². The quantitative estimate of drug-likeness (QED) is 0.445. The number of aromatic nitrogens is 1. The van der Waals surface area contributed by atoms with E-state index < -0.39 is 23.6 Å². The van der Waals surface area contributed by atoms with Crippen LogP contribution in [0, 0.1) is 6.92 Å². The molecule has 31 heavy (non-hydrogen) atoms. The molecular weight excluding hydrogens is 398 g/mol. The highest BCUT2D eigenvalue weighted by Crippen LogP contribution is 2.32. The Morgan fingerprint density at radius 1 is 1.06 bits per heavy atom. The van der Waals surface area contributed by atoms with Crippen molar-refractivity contribution in [1.82, 2.24) is 10.3 Å². The van der Waals surface area contributed by atoms with Crippen LogP contribution in [0.15, 0.2) is 69.7 Å². The number of ketones is 1. The van der Waals surface area contributed by atoms with Gasteiger partial charge in [0.05, 0.1) is 5.56 Å². The van der Waals surface area contributed by atoms with Crippen molar-refractivity contribution < 1.29 is 23.2 Å². The number of carbonyl (C=O) groups excluding carboxylic acids is 3. The number of benzene rings is 2. The predicted octanol–water partition coefficient (Wildman–Crippen LogP) is 2.79. The van der Waals surface area contributed by atoms with Gasteiger partial charge < -0.3 is 19.9 Å². The predicted molar refractivity (Wildman–Crippen MR) is 112 cm³/mol. The molecule has 0 fully saturated rings. The van der Waals surface area contributed by atoms with E-state index in [-0.39, 0.29) is 23.8 Å². The van der Waals surface area contributed by atoms with Crippen LogP contribution in [-0.4, -0.2) is 28.6 Å². The number of amides is 2. The fourth-order valence-corrected chi connectivity index (χ4v) is 3.38. The zero-order chi connectivity index (χ0) is 22.0. The molecule has 8 heteroatoms. The van der Waals surface area contributed by atoms with Gasteiger partial charge in [0, 0.05) is 18.7 Å². The standard InChI is InChI=1S/C23H19N3O5/c1-13-25-19(16-12-30-18-10-6-5-9-15(16)18)21(31-13)23(29)26-17(20(27)22(24)28)11-14-7-3-2-4-8-14/h2-10,12,17H,11H2,1H3,(H2,24,28)(H,26,29). The van der Waals surface area contributed by atoms with E-state index in [1.807, 2.05) is 24.3 Å². The summed E-state index contributed by atoms with van der Waals surface area (Å²) in [6.45, 7) is 1.61. The van der Waals surface area contributed by atoms with Gasteiger partial charge >= 0.3 is 0 Å². The minimum absolute atomic E-state index is 0.0839. The molecule has 2 aromatic carbocycles. The molecule has 1 unspecified atom stereocenters. The molecular formula is C23H19N3O5. The Kier molecular flexibility index (Phi) is 5.36. The van der Waals surface area contributed by atoms with E-state index in [0.717, 1.165) is 10.9 Å². The summed E-state index contributed by atoms with van der Waals surface area (Å²) in [4.78, 5) is 41.3. The summed E-state index contributed by atoms with van der Waals surface area (Å²) in [6.07, 6.45) is 1.60. The van der Waals surface area contributed by atoms with Gasteiger partial charge in [-0.05, 0) is 11.6 Å². The first-order valence-corrected chi connectivity index (χ1v) is 9.56. The lowest BCUT2D eigenvalue weighted by molar-refractivity contribution is -0.137. The highest BCUT2D eigenvalue weighted by Gasteiger charge is 2.29. The smallest absolute Gasteiger partial charge is 0.290 e. The number of furan rings is 1. The Morgan fingerprint density at radius 3 is 2.52 bits per heavy atom. The molecule has 1 atom stereocenters. The molecule has 0 aliphatic heterocycles. The second-order valence-corrected chi connectivity index (χ2v) is 7.00. The number of aryl methyl sites for hydroxylation is 1. The summed E-state index contributed by atoms with van der Waals surface area (Å²) in [5.41, 5.74) is 7.45. The van der Waals surface area contributed by atoms with Gasteiger partial charge in [-0.15, -0.1) is 0 Å². The number of Topliss-reactive ketones (excluding diaryl/α,β-unsaturated/α-hetero) is 1. The van der Waals surface area contributed by atoms with Gasteiger partial charge in [0.25, 0.3) is 11.8 Å². The molecule has 0 saturated carbocycles. The lowest BCUT2D eigenvalue weighted by atomic mass is 10.0. The third-order valence-corrected chi connectivity index (χ3v) is 4.82. The molecule has 2 amide bonds. The topological polar surface area (TPSA) is 128 Å².